The second kappa shape index (κ2) is 6.31. The van der Waals surface area contributed by atoms with Crippen molar-refractivity contribution >= 4 is 17.7 Å². The number of benzene rings is 1. The summed E-state index contributed by atoms with van der Waals surface area (Å²) in [6.45, 7) is 1.52. The Kier molecular flexibility index (Phi) is 4.05. The molecule has 2 aromatic rings. The molecule has 4 heteroatoms. The first-order chi connectivity index (χ1) is 10.3. The molecule has 1 aliphatic rings. The summed E-state index contributed by atoms with van der Waals surface area (Å²) in [7, 11) is 0. The molecular weight excluding hydrogens is 264 g/mol. The summed E-state index contributed by atoms with van der Waals surface area (Å²) < 4.78 is 5.18. The molecule has 1 N–H and O–H groups in total. The number of para-hydroxylation sites is 1. The summed E-state index contributed by atoms with van der Waals surface area (Å²) in [6.07, 6.45) is 5.85. The zero-order valence-electron chi connectivity index (χ0n) is 11.7. The number of likely N-dealkylation sites (tertiary alicyclic amines) is 1. The molecule has 108 valence electrons. The fourth-order valence-electron chi connectivity index (χ4n) is 2.49. The number of carbonyl (C=O) groups is 1. The summed E-state index contributed by atoms with van der Waals surface area (Å²) in [5.74, 6) is 0.727. The number of rotatable bonds is 4. The van der Waals surface area contributed by atoms with Gasteiger partial charge in [0, 0.05) is 30.9 Å². The van der Waals surface area contributed by atoms with Crippen LogP contribution in [0.25, 0.3) is 6.08 Å². The fourth-order valence-corrected chi connectivity index (χ4v) is 2.49. The monoisotopic (exact) mass is 282 g/mol. The van der Waals surface area contributed by atoms with Gasteiger partial charge in [-0.25, -0.2) is 0 Å². The van der Waals surface area contributed by atoms with Gasteiger partial charge >= 0.3 is 0 Å². The maximum atomic E-state index is 12.1. The predicted molar refractivity (Wildman–Crippen MR) is 82.8 cm³/mol. The Labute approximate surface area is 124 Å². The normalized spacial score (nSPS) is 18.3. The third kappa shape index (κ3) is 3.54. The minimum Gasteiger partial charge on any atom is -0.465 e. The highest BCUT2D eigenvalue weighted by Crippen LogP contribution is 2.16. The van der Waals surface area contributed by atoms with Crippen LogP contribution in [0.1, 0.15) is 12.2 Å². The van der Waals surface area contributed by atoms with E-state index in [1.54, 1.807) is 24.5 Å². The quantitative estimate of drug-likeness (QED) is 0.877. The van der Waals surface area contributed by atoms with E-state index in [1.807, 2.05) is 41.3 Å². The summed E-state index contributed by atoms with van der Waals surface area (Å²) in [6, 6.07) is 14.0. The lowest BCUT2D eigenvalue weighted by Crippen LogP contribution is -2.30. The van der Waals surface area contributed by atoms with E-state index in [0.29, 0.717) is 11.8 Å². The first-order valence-electron chi connectivity index (χ1n) is 7.13. The van der Waals surface area contributed by atoms with Crippen LogP contribution in [-0.4, -0.2) is 29.9 Å². The second-order valence-corrected chi connectivity index (χ2v) is 5.13. The van der Waals surface area contributed by atoms with Crippen LogP contribution in [0.2, 0.25) is 0 Å². The average Bonchev–Trinajstić information content (AvgIpc) is 3.17. The van der Waals surface area contributed by atoms with E-state index < -0.39 is 0 Å². The average molecular weight is 282 g/mol. The zero-order valence-corrected chi connectivity index (χ0v) is 11.7. The number of anilines is 1. The lowest BCUT2D eigenvalue weighted by molar-refractivity contribution is -0.124. The number of furan rings is 1. The van der Waals surface area contributed by atoms with Crippen molar-refractivity contribution in [3.8, 4) is 0 Å². The Morgan fingerprint density at radius 2 is 2.10 bits per heavy atom. The third-order valence-electron chi connectivity index (χ3n) is 3.58. The number of amides is 1. The lowest BCUT2D eigenvalue weighted by atomic mass is 10.2. The maximum Gasteiger partial charge on any atom is 0.246 e. The molecule has 1 amide bonds. The molecule has 21 heavy (non-hydrogen) atoms. The van der Waals surface area contributed by atoms with E-state index in [9.17, 15) is 4.79 Å². The molecule has 3 rings (SSSR count). The molecule has 1 aromatic heterocycles. The van der Waals surface area contributed by atoms with E-state index in [2.05, 4.69) is 5.32 Å². The van der Waals surface area contributed by atoms with Crippen LogP contribution < -0.4 is 5.32 Å². The van der Waals surface area contributed by atoms with Crippen molar-refractivity contribution in [2.45, 2.75) is 12.5 Å². The summed E-state index contributed by atoms with van der Waals surface area (Å²) in [5.41, 5.74) is 1.10. The van der Waals surface area contributed by atoms with Gasteiger partial charge in [0.05, 0.1) is 6.26 Å². The van der Waals surface area contributed by atoms with E-state index in [1.165, 1.54) is 0 Å². The van der Waals surface area contributed by atoms with Gasteiger partial charge in [-0.2, -0.15) is 0 Å². The standard InChI is InChI=1S/C17H18N2O2/c20-17(9-8-16-7-4-12-21-16)19-11-10-15(13-19)18-14-5-2-1-3-6-14/h1-9,12,15,18H,10-11,13H2. The van der Waals surface area contributed by atoms with E-state index in [0.717, 1.165) is 25.2 Å². The SMILES string of the molecule is O=C(C=Cc1ccco1)N1CCC(Nc2ccccc2)C1. The fraction of sp³-hybridized carbons (Fsp3) is 0.235. The first-order valence-corrected chi connectivity index (χ1v) is 7.13. The van der Waals surface area contributed by atoms with E-state index >= 15 is 0 Å². The van der Waals surface area contributed by atoms with Crippen LogP contribution >= 0.6 is 0 Å². The molecule has 0 bridgehead atoms. The maximum absolute atomic E-state index is 12.1. The number of carbonyl (C=O) groups excluding carboxylic acids is 1. The van der Waals surface area contributed by atoms with Crippen LogP contribution in [0.4, 0.5) is 5.69 Å². The van der Waals surface area contributed by atoms with Crippen LogP contribution in [0, 0.1) is 0 Å². The van der Waals surface area contributed by atoms with Gasteiger partial charge in [0.2, 0.25) is 5.91 Å². The van der Waals surface area contributed by atoms with Gasteiger partial charge in [-0.1, -0.05) is 18.2 Å². The molecule has 0 radical (unpaired) electrons. The van der Waals surface area contributed by atoms with Gasteiger partial charge in [-0.3, -0.25) is 4.79 Å². The minimum absolute atomic E-state index is 0.0313. The highest BCUT2D eigenvalue weighted by Gasteiger charge is 2.24. The van der Waals surface area contributed by atoms with Crippen molar-refractivity contribution in [1.82, 2.24) is 4.90 Å². The molecule has 1 aliphatic heterocycles. The Morgan fingerprint density at radius 3 is 2.86 bits per heavy atom. The highest BCUT2D eigenvalue weighted by molar-refractivity contribution is 5.91. The zero-order chi connectivity index (χ0) is 14.5. The Balaban J connectivity index is 1.53. The summed E-state index contributed by atoms with van der Waals surface area (Å²) in [5, 5.41) is 3.46. The molecule has 0 saturated carbocycles. The molecule has 1 fully saturated rings. The summed E-state index contributed by atoms with van der Waals surface area (Å²) >= 11 is 0. The van der Waals surface area contributed by atoms with Crippen molar-refractivity contribution in [1.29, 1.82) is 0 Å². The Hall–Kier alpha value is -2.49. The largest absolute Gasteiger partial charge is 0.465 e. The molecule has 1 atom stereocenters. The Bertz CT molecular complexity index is 605. The molecule has 1 saturated heterocycles. The van der Waals surface area contributed by atoms with Crippen molar-refractivity contribution in [3.63, 3.8) is 0 Å². The van der Waals surface area contributed by atoms with Crippen molar-refractivity contribution < 1.29 is 9.21 Å². The van der Waals surface area contributed by atoms with Crippen molar-refractivity contribution in [3.05, 3.63) is 60.6 Å². The first kappa shape index (κ1) is 13.5. The van der Waals surface area contributed by atoms with Crippen LogP contribution in [0.5, 0.6) is 0 Å². The van der Waals surface area contributed by atoms with Crippen LogP contribution in [0.3, 0.4) is 0 Å². The molecule has 1 unspecified atom stereocenters. The molecule has 0 spiro atoms. The minimum atomic E-state index is 0.0313. The molecule has 4 nitrogen and oxygen atoms in total. The topological polar surface area (TPSA) is 45.5 Å². The van der Waals surface area contributed by atoms with Gasteiger partial charge in [0.25, 0.3) is 0 Å². The van der Waals surface area contributed by atoms with Gasteiger partial charge in [0.15, 0.2) is 0 Å². The molecule has 1 aromatic carbocycles. The number of hydrogen-bond donors (Lipinski definition) is 1. The predicted octanol–water partition coefficient (Wildman–Crippen LogP) is 3.01. The number of nitrogens with one attached hydrogen (secondary N) is 1. The number of hydrogen-bond acceptors (Lipinski definition) is 3. The van der Waals surface area contributed by atoms with E-state index in [4.69, 9.17) is 4.42 Å². The van der Waals surface area contributed by atoms with Gasteiger partial charge in [0.1, 0.15) is 5.76 Å². The third-order valence-corrected chi connectivity index (χ3v) is 3.58. The van der Waals surface area contributed by atoms with Gasteiger partial charge in [-0.15, -0.1) is 0 Å². The molecule has 2 heterocycles. The van der Waals surface area contributed by atoms with E-state index in [-0.39, 0.29) is 5.91 Å². The molecule has 0 aliphatic carbocycles. The van der Waals surface area contributed by atoms with Crippen LogP contribution in [0.15, 0.2) is 59.2 Å². The van der Waals surface area contributed by atoms with Crippen LogP contribution in [-0.2, 0) is 4.79 Å². The molecular formula is C17H18N2O2. The lowest BCUT2D eigenvalue weighted by Gasteiger charge is -2.16. The summed E-state index contributed by atoms with van der Waals surface area (Å²) in [4.78, 5) is 14.0. The number of nitrogens with zero attached hydrogens (tertiary/aromatic N) is 1. The Morgan fingerprint density at radius 1 is 1.24 bits per heavy atom. The highest BCUT2D eigenvalue weighted by atomic mass is 16.3. The second-order valence-electron chi connectivity index (χ2n) is 5.13. The van der Waals surface area contributed by atoms with Crippen molar-refractivity contribution in [2.75, 3.05) is 18.4 Å². The smallest absolute Gasteiger partial charge is 0.246 e. The van der Waals surface area contributed by atoms with Crippen molar-refractivity contribution in [2.24, 2.45) is 0 Å². The van der Waals surface area contributed by atoms with Gasteiger partial charge in [-0.05, 0) is 36.8 Å². The van der Waals surface area contributed by atoms with Gasteiger partial charge < -0.3 is 14.6 Å².